The number of carbonyl (C=O) groups is 1. The van der Waals surface area contributed by atoms with Crippen molar-refractivity contribution >= 4 is 28.5 Å². The highest BCUT2D eigenvalue weighted by molar-refractivity contribution is 14.1. The molecule has 0 spiro atoms. The van der Waals surface area contributed by atoms with Gasteiger partial charge in [0.05, 0.1) is 0 Å². The van der Waals surface area contributed by atoms with Crippen LogP contribution in [0.25, 0.3) is 0 Å². The number of hydrogen-bond donors (Lipinski definition) is 1. The van der Waals surface area contributed by atoms with Gasteiger partial charge in [0.2, 0.25) is 0 Å². The van der Waals surface area contributed by atoms with Gasteiger partial charge in [-0.15, -0.1) is 0 Å². The molecule has 15 heavy (non-hydrogen) atoms. The number of amides is 1. The first-order chi connectivity index (χ1) is 7.25. The molecule has 1 N–H and O–H groups in total. The quantitative estimate of drug-likeness (QED) is 0.851. The molecule has 1 fully saturated rings. The molecule has 1 amide bonds. The minimum atomic E-state index is 0.0482. The smallest absolute Gasteiger partial charge is 0.251 e. The predicted octanol–water partition coefficient (Wildman–Crippen LogP) is 2.82. The first-order valence-electron chi connectivity index (χ1n) is 5.29. The highest BCUT2D eigenvalue weighted by Crippen LogP contribution is 2.31. The van der Waals surface area contributed by atoms with Gasteiger partial charge in [-0.1, -0.05) is 12.8 Å². The summed E-state index contributed by atoms with van der Waals surface area (Å²) in [6.07, 6.45) is 3.83. The summed E-state index contributed by atoms with van der Waals surface area (Å²) in [5.41, 5.74) is 0.756. The second-order valence-corrected chi connectivity index (χ2v) is 5.24. The van der Waals surface area contributed by atoms with Gasteiger partial charge in [0.15, 0.2) is 0 Å². The van der Waals surface area contributed by atoms with E-state index in [1.54, 1.807) is 0 Å². The van der Waals surface area contributed by atoms with Crippen molar-refractivity contribution in [3.05, 3.63) is 33.4 Å². The molecule has 1 aromatic rings. The van der Waals surface area contributed by atoms with Crippen LogP contribution in [0.2, 0.25) is 0 Å². The summed E-state index contributed by atoms with van der Waals surface area (Å²) in [5, 5.41) is 2.95. The molecule has 80 valence electrons. The second-order valence-electron chi connectivity index (χ2n) is 3.99. The van der Waals surface area contributed by atoms with E-state index in [4.69, 9.17) is 0 Å². The highest BCUT2D eigenvalue weighted by atomic mass is 127. The average Bonchev–Trinajstić information content (AvgIpc) is 3.02. The number of rotatable bonds is 4. The first kappa shape index (κ1) is 10.9. The Balaban J connectivity index is 1.81. The molecule has 0 heterocycles. The van der Waals surface area contributed by atoms with Crippen LogP contribution in [-0.4, -0.2) is 12.5 Å². The molecule has 1 saturated carbocycles. The molecule has 1 aromatic carbocycles. The van der Waals surface area contributed by atoms with Crippen LogP contribution in [0.3, 0.4) is 0 Å². The number of halogens is 1. The molecule has 0 unspecified atom stereocenters. The normalized spacial score (nSPS) is 15.0. The average molecular weight is 315 g/mol. The maximum absolute atomic E-state index is 11.6. The van der Waals surface area contributed by atoms with Crippen molar-refractivity contribution in [3.63, 3.8) is 0 Å². The van der Waals surface area contributed by atoms with Gasteiger partial charge in [0.25, 0.3) is 5.91 Å². The van der Waals surface area contributed by atoms with Crippen molar-refractivity contribution in [2.24, 2.45) is 5.92 Å². The van der Waals surface area contributed by atoms with E-state index >= 15 is 0 Å². The van der Waals surface area contributed by atoms with Crippen molar-refractivity contribution in [1.82, 2.24) is 5.32 Å². The maximum atomic E-state index is 11.6. The van der Waals surface area contributed by atoms with Crippen molar-refractivity contribution in [1.29, 1.82) is 0 Å². The van der Waals surface area contributed by atoms with Crippen molar-refractivity contribution < 1.29 is 4.79 Å². The summed E-state index contributed by atoms with van der Waals surface area (Å²) in [4.78, 5) is 11.6. The summed E-state index contributed by atoms with van der Waals surface area (Å²) < 4.78 is 1.15. The van der Waals surface area contributed by atoms with Crippen LogP contribution >= 0.6 is 22.6 Å². The summed E-state index contributed by atoms with van der Waals surface area (Å²) in [6, 6.07) is 7.65. The van der Waals surface area contributed by atoms with Crippen molar-refractivity contribution in [2.75, 3.05) is 6.54 Å². The van der Waals surface area contributed by atoms with Crippen LogP contribution in [0.1, 0.15) is 29.6 Å². The first-order valence-corrected chi connectivity index (χ1v) is 6.37. The van der Waals surface area contributed by atoms with Gasteiger partial charge < -0.3 is 5.32 Å². The standard InChI is InChI=1S/C12H14INO/c13-11-5-3-10(4-6-11)12(15)14-8-7-9-1-2-9/h3-6,9H,1-2,7-8H2,(H,14,15). The van der Waals surface area contributed by atoms with Gasteiger partial charge in [0, 0.05) is 15.7 Å². The molecule has 1 aliphatic rings. The van der Waals surface area contributed by atoms with Crippen LogP contribution in [0.15, 0.2) is 24.3 Å². The SMILES string of the molecule is O=C(NCCC1CC1)c1ccc(I)cc1. The summed E-state index contributed by atoms with van der Waals surface area (Å²) in [6.45, 7) is 0.815. The summed E-state index contributed by atoms with van der Waals surface area (Å²) >= 11 is 2.23. The van der Waals surface area contributed by atoms with Gasteiger partial charge >= 0.3 is 0 Å². The van der Waals surface area contributed by atoms with E-state index in [1.807, 2.05) is 24.3 Å². The highest BCUT2D eigenvalue weighted by Gasteiger charge is 2.20. The summed E-state index contributed by atoms with van der Waals surface area (Å²) in [5.74, 6) is 0.925. The zero-order valence-electron chi connectivity index (χ0n) is 8.50. The Morgan fingerprint density at radius 2 is 2.00 bits per heavy atom. The van der Waals surface area contributed by atoms with Gasteiger partial charge in [-0.05, 0) is 59.2 Å². The van der Waals surface area contributed by atoms with E-state index in [0.29, 0.717) is 0 Å². The molecular formula is C12H14INO. The molecule has 2 nitrogen and oxygen atoms in total. The van der Waals surface area contributed by atoms with Crippen LogP contribution in [-0.2, 0) is 0 Å². The Bertz CT molecular complexity index is 343. The third kappa shape index (κ3) is 3.48. The topological polar surface area (TPSA) is 29.1 Å². The lowest BCUT2D eigenvalue weighted by molar-refractivity contribution is 0.0952. The van der Waals surface area contributed by atoms with E-state index in [0.717, 1.165) is 28.0 Å². The Morgan fingerprint density at radius 3 is 2.60 bits per heavy atom. The van der Waals surface area contributed by atoms with E-state index in [-0.39, 0.29) is 5.91 Å². The van der Waals surface area contributed by atoms with E-state index in [9.17, 15) is 4.79 Å². The Kier molecular flexibility index (Phi) is 3.61. The Labute approximate surface area is 104 Å². The minimum absolute atomic E-state index is 0.0482. The van der Waals surface area contributed by atoms with Gasteiger partial charge in [0.1, 0.15) is 0 Å². The molecule has 3 heteroatoms. The fourth-order valence-electron chi connectivity index (χ4n) is 1.50. The van der Waals surface area contributed by atoms with E-state index in [2.05, 4.69) is 27.9 Å². The minimum Gasteiger partial charge on any atom is -0.352 e. The molecule has 0 atom stereocenters. The Morgan fingerprint density at radius 1 is 1.33 bits per heavy atom. The fraction of sp³-hybridized carbons (Fsp3) is 0.417. The van der Waals surface area contributed by atoms with Crippen LogP contribution < -0.4 is 5.32 Å². The molecular weight excluding hydrogens is 301 g/mol. The van der Waals surface area contributed by atoms with Crippen molar-refractivity contribution in [2.45, 2.75) is 19.3 Å². The third-order valence-electron chi connectivity index (χ3n) is 2.64. The number of benzene rings is 1. The lowest BCUT2D eigenvalue weighted by Gasteiger charge is -2.04. The second kappa shape index (κ2) is 4.96. The Hall–Kier alpha value is -0.580. The van der Waals surface area contributed by atoms with E-state index < -0.39 is 0 Å². The molecule has 0 aliphatic heterocycles. The van der Waals surface area contributed by atoms with Crippen LogP contribution in [0.4, 0.5) is 0 Å². The molecule has 0 radical (unpaired) electrons. The number of carbonyl (C=O) groups excluding carboxylic acids is 1. The summed E-state index contributed by atoms with van der Waals surface area (Å²) in [7, 11) is 0. The zero-order chi connectivity index (χ0) is 10.7. The van der Waals surface area contributed by atoms with Gasteiger partial charge in [-0.25, -0.2) is 0 Å². The molecule has 0 bridgehead atoms. The van der Waals surface area contributed by atoms with Gasteiger partial charge in [-0.2, -0.15) is 0 Å². The molecule has 0 saturated heterocycles. The molecule has 2 rings (SSSR count). The van der Waals surface area contributed by atoms with Crippen LogP contribution in [0, 0.1) is 9.49 Å². The lowest BCUT2D eigenvalue weighted by atomic mass is 10.2. The molecule has 0 aromatic heterocycles. The maximum Gasteiger partial charge on any atom is 0.251 e. The van der Waals surface area contributed by atoms with Gasteiger partial charge in [-0.3, -0.25) is 4.79 Å². The zero-order valence-corrected chi connectivity index (χ0v) is 10.7. The monoisotopic (exact) mass is 315 g/mol. The molecule has 1 aliphatic carbocycles. The van der Waals surface area contributed by atoms with E-state index in [1.165, 1.54) is 12.8 Å². The predicted molar refractivity (Wildman–Crippen MR) is 68.8 cm³/mol. The fourth-order valence-corrected chi connectivity index (χ4v) is 1.86. The van der Waals surface area contributed by atoms with Crippen molar-refractivity contribution in [3.8, 4) is 0 Å². The number of hydrogen-bond acceptors (Lipinski definition) is 1. The largest absolute Gasteiger partial charge is 0.352 e. The van der Waals surface area contributed by atoms with Crippen LogP contribution in [0.5, 0.6) is 0 Å². The lowest BCUT2D eigenvalue weighted by Crippen LogP contribution is -2.24. The third-order valence-corrected chi connectivity index (χ3v) is 3.36. The number of nitrogens with one attached hydrogen (secondary N) is 1.